The third-order valence-corrected chi connectivity index (χ3v) is 3.43. The molecule has 0 amide bonds. The summed E-state index contributed by atoms with van der Waals surface area (Å²) in [6.45, 7) is 1.17. The molecule has 1 aromatic carbocycles. The number of hydrogen-bond donors (Lipinski definition) is 1. The molecule has 2 rings (SSSR count). The van der Waals surface area contributed by atoms with E-state index in [9.17, 15) is 4.79 Å². The molecule has 17 heavy (non-hydrogen) atoms. The molecule has 92 valence electrons. The van der Waals surface area contributed by atoms with Gasteiger partial charge >= 0.3 is 0 Å². The summed E-state index contributed by atoms with van der Waals surface area (Å²) in [6.07, 6.45) is 2.37. The molecule has 1 aromatic rings. The first-order valence-corrected chi connectivity index (χ1v) is 5.99. The number of Topliss-reactive ketones (excluding diaryl/α,β-unsaturated/α-hetero) is 1. The second kappa shape index (κ2) is 4.98. The number of likely N-dealkylation sites (N-methyl/N-ethyl adjacent to an activating group) is 1. The minimum atomic E-state index is 0.135. The number of methoxy groups -OCH3 is 1. The van der Waals surface area contributed by atoms with Crippen molar-refractivity contribution in [3.63, 3.8) is 0 Å². The van der Waals surface area contributed by atoms with Crippen molar-refractivity contribution >= 4 is 5.78 Å². The standard InChI is InChI=1S/C14H19NO2/c1-15-9-13(16)11-3-5-12(6-4-11)14(7-8-14)10-17-2/h3-6,15H,7-10H2,1-2H3. The molecule has 1 saturated carbocycles. The van der Waals surface area contributed by atoms with Crippen LogP contribution in [0.5, 0.6) is 0 Å². The number of rotatable bonds is 6. The molecule has 0 heterocycles. The Bertz CT molecular complexity index is 393. The molecule has 0 spiro atoms. The Hall–Kier alpha value is -1.19. The van der Waals surface area contributed by atoms with Crippen molar-refractivity contribution in [1.29, 1.82) is 0 Å². The van der Waals surface area contributed by atoms with Gasteiger partial charge in [0.05, 0.1) is 13.2 Å². The van der Waals surface area contributed by atoms with E-state index in [0.29, 0.717) is 6.54 Å². The fourth-order valence-corrected chi connectivity index (χ4v) is 2.22. The first kappa shape index (κ1) is 12.3. The van der Waals surface area contributed by atoms with E-state index < -0.39 is 0 Å². The quantitative estimate of drug-likeness (QED) is 0.761. The van der Waals surface area contributed by atoms with Crippen LogP contribution in [-0.4, -0.2) is 33.1 Å². The summed E-state index contributed by atoms with van der Waals surface area (Å²) in [5.74, 6) is 0.135. The zero-order chi connectivity index (χ0) is 12.3. The molecule has 1 fully saturated rings. The lowest BCUT2D eigenvalue weighted by molar-refractivity contribution is 0.0993. The third-order valence-electron chi connectivity index (χ3n) is 3.43. The van der Waals surface area contributed by atoms with Crippen molar-refractivity contribution in [3.8, 4) is 0 Å². The Balaban J connectivity index is 2.11. The van der Waals surface area contributed by atoms with Crippen LogP contribution in [0.25, 0.3) is 0 Å². The highest BCUT2D eigenvalue weighted by Gasteiger charge is 2.44. The van der Waals surface area contributed by atoms with Crippen LogP contribution in [0.4, 0.5) is 0 Å². The predicted octanol–water partition coefficient (Wildman–Crippen LogP) is 1.77. The van der Waals surface area contributed by atoms with Gasteiger partial charge in [-0.05, 0) is 25.5 Å². The minimum absolute atomic E-state index is 0.135. The van der Waals surface area contributed by atoms with Crippen LogP contribution < -0.4 is 5.32 Å². The van der Waals surface area contributed by atoms with Crippen LogP contribution in [-0.2, 0) is 10.2 Å². The predicted molar refractivity (Wildman–Crippen MR) is 67.5 cm³/mol. The van der Waals surface area contributed by atoms with Crippen LogP contribution in [0.2, 0.25) is 0 Å². The smallest absolute Gasteiger partial charge is 0.176 e. The maximum atomic E-state index is 11.7. The van der Waals surface area contributed by atoms with E-state index in [1.165, 1.54) is 18.4 Å². The van der Waals surface area contributed by atoms with Crippen molar-refractivity contribution in [1.82, 2.24) is 5.32 Å². The van der Waals surface area contributed by atoms with E-state index in [0.717, 1.165) is 12.2 Å². The molecular weight excluding hydrogens is 214 g/mol. The van der Waals surface area contributed by atoms with Gasteiger partial charge < -0.3 is 10.1 Å². The molecule has 1 aliphatic rings. The number of benzene rings is 1. The van der Waals surface area contributed by atoms with Gasteiger partial charge in [-0.1, -0.05) is 24.3 Å². The maximum absolute atomic E-state index is 11.7. The monoisotopic (exact) mass is 233 g/mol. The van der Waals surface area contributed by atoms with Crippen LogP contribution in [0.1, 0.15) is 28.8 Å². The van der Waals surface area contributed by atoms with Crippen molar-refractivity contribution < 1.29 is 9.53 Å². The Kier molecular flexibility index (Phi) is 3.60. The van der Waals surface area contributed by atoms with E-state index in [-0.39, 0.29) is 11.2 Å². The molecule has 0 bridgehead atoms. The van der Waals surface area contributed by atoms with Crippen LogP contribution >= 0.6 is 0 Å². The molecule has 3 heteroatoms. The normalized spacial score (nSPS) is 16.8. The van der Waals surface area contributed by atoms with Gasteiger partial charge in [-0.2, -0.15) is 0 Å². The summed E-state index contributed by atoms with van der Waals surface area (Å²) < 4.78 is 5.26. The van der Waals surface area contributed by atoms with Gasteiger partial charge in [0.1, 0.15) is 0 Å². The second-order valence-corrected chi connectivity index (χ2v) is 4.74. The molecule has 0 unspecified atom stereocenters. The fraction of sp³-hybridized carbons (Fsp3) is 0.500. The molecule has 1 aliphatic carbocycles. The maximum Gasteiger partial charge on any atom is 0.176 e. The van der Waals surface area contributed by atoms with Gasteiger partial charge in [0.25, 0.3) is 0 Å². The van der Waals surface area contributed by atoms with E-state index >= 15 is 0 Å². The average molecular weight is 233 g/mol. The highest BCUT2D eigenvalue weighted by molar-refractivity contribution is 5.97. The van der Waals surface area contributed by atoms with Gasteiger partial charge in [-0.25, -0.2) is 0 Å². The first-order valence-electron chi connectivity index (χ1n) is 5.99. The number of ether oxygens (including phenoxy) is 1. The molecule has 0 atom stereocenters. The molecule has 0 radical (unpaired) electrons. The zero-order valence-electron chi connectivity index (χ0n) is 10.5. The lowest BCUT2D eigenvalue weighted by Crippen LogP contribution is -2.19. The van der Waals surface area contributed by atoms with Crippen molar-refractivity contribution in [3.05, 3.63) is 35.4 Å². The van der Waals surface area contributed by atoms with Crippen LogP contribution in [0, 0.1) is 0 Å². The highest BCUT2D eigenvalue weighted by Crippen LogP contribution is 2.48. The number of nitrogens with one attached hydrogen (secondary N) is 1. The minimum Gasteiger partial charge on any atom is -0.384 e. The SMILES string of the molecule is CNCC(=O)c1ccc(C2(COC)CC2)cc1. The molecule has 3 nitrogen and oxygen atoms in total. The molecule has 1 N–H and O–H groups in total. The van der Waals surface area contributed by atoms with Crippen molar-refractivity contribution in [2.24, 2.45) is 0 Å². The zero-order valence-corrected chi connectivity index (χ0v) is 10.5. The summed E-state index contributed by atoms with van der Waals surface area (Å²) in [5, 5.41) is 2.87. The summed E-state index contributed by atoms with van der Waals surface area (Å²) >= 11 is 0. The third kappa shape index (κ3) is 2.56. The van der Waals surface area contributed by atoms with E-state index in [1.807, 2.05) is 12.1 Å². The van der Waals surface area contributed by atoms with Gasteiger partial charge in [-0.15, -0.1) is 0 Å². The number of carbonyl (C=O) groups excluding carboxylic acids is 1. The summed E-state index contributed by atoms with van der Waals surface area (Å²) in [6, 6.07) is 7.97. The highest BCUT2D eigenvalue weighted by atomic mass is 16.5. The number of ketones is 1. The van der Waals surface area contributed by atoms with Gasteiger partial charge in [0.2, 0.25) is 0 Å². The number of hydrogen-bond acceptors (Lipinski definition) is 3. The largest absolute Gasteiger partial charge is 0.384 e. The van der Waals surface area contributed by atoms with Gasteiger partial charge in [0.15, 0.2) is 5.78 Å². The molecule has 0 aliphatic heterocycles. The van der Waals surface area contributed by atoms with Crippen molar-refractivity contribution in [2.75, 3.05) is 27.3 Å². The Morgan fingerprint density at radius 1 is 1.35 bits per heavy atom. The number of carbonyl (C=O) groups is 1. The summed E-state index contributed by atoms with van der Waals surface area (Å²) in [7, 11) is 3.52. The first-order chi connectivity index (χ1) is 8.22. The second-order valence-electron chi connectivity index (χ2n) is 4.74. The molecular formula is C14H19NO2. The molecule has 0 saturated heterocycles. The molecule has 0 aromatic heterocycles. The lowest BCUT2D eigenvalue weighted by atomic mass is 9.95. The van der Waals surface area contributed by atoms with Crippen LogP contribution in [0.3, 0.4) is 0 Å². The average Bonchev–Trinajstić information content (AvgIpc) is 3.11. The Morgan fingerprint density at radius 2 is 2.00 bits per heavy atom. The van der Waals surface area contributed by atoms with E-state index in [1.54, 1.807) is 14.2 Å². The lowest BCUT2D eigenvalue weighted by Gasteiger charge is -2.14. The summed E-state index contributed by atoms with van der Waals surface area (Å²) in [4.78, 5) is 11.7. The van der Waals surface area contributed by atoms with E-state index in [4.69, 9.17) is 4.74 Å². The van der Waals surface area contributed by atoms with Gasteiger partial charge in [0, 0.05) is 18.1 Å². The van der Waals surface area contributed by atoms with Gasteiger partial charge in [-0.3, -0.25) is 4.79 Å². The van der Waals surface area contributed by atoms with Crippen molar-refractivity contribution in [2.45, 2.75) is 18.3 Å². The topological polar surface area (TPSA) is 38.3 Å². The van der Waals surface area contributed by atoms with Crippen LogP contribution in [0.15, 0.2) is 24.3 Å². The fourth-order valence-electron chi connectivity index (χ4n) is 2.22. The Morgan fingerprint density at radius 3 is 2.47 bits per heavy atom. The van der Waals surface area contributed by atoms with E-state index in [2.05, 4.69) is 17.4 Å². The summed E-state index contributed by atoms with van der Waals surface area (Å²) in [5.41, 5.74) is 2.29. The Labute approximate surface area is 102 Å².